The van der Waals surface area contributed by atoms with Gasteiger partial charge in [-0.25, -0.2) is 13.9 Å². The van der Waals surface area contributed by atoms with Gasteiger partial charge in [-0.1, -0.05) is 128 Å². The van der Waals surface area contributed by atoms with Crippen LogP contribution in [0.1, 0.15) is 107 Å². The number of rotatable bonds is 47. The van der Waals surface area contributed by atoms with Crippen molar-refractivity contribution in [1.29, 1.82) is 0 Å². The van der Waals surface area contributed by atoms with Crippen molar-refractivity contribution in [3.05, 3.63) is 90.2 Å². The van der Waals surface area contributed by atoms with Gasteiger partial charge in [-0.2, -0.15) is 25.6 Å². The number of hydrogen-bond donors (Lipinski definition) is 10. The predicted molar refractivity (Wildman–Crippen MR) is 359 cm³/mol. The Bertz CT molecular complexity index is 2680. The summed E-state index contributed by atoms with van der Waals surface area (Å²) >= 11 is 0. The van der Waals surface area contributed by atoms with Crippen LogP contribution in [-0.2, 0) is 181 Å². The Hall–Kier alpha value is -3.38. The number of nitrogens with one attached hydrogen (secondary N) is 10. The first kappa shape index (κ1) is 110. The molecule has 1 aliphatic heterocycles. The average Bonchev–Trinajstić information content (AvgIpc) is 1.63. The molecular weight excluding hydrogens is 1750 g/mol. The van der Waals surface area contributed by atoms with Crippen LogP contribution >= 0.6 is 15.6 Å². The van der Waals surface area contributed by atoms with Crippen molar-refractivity contribution in [2.24, 2.45) is 17.8 Å². The molecule has 0 saturated carbocycles. The van der Waals surface area contributed by atoms with Crippen LogP contribution in [0.2, 0.25) is 0 Å². The van der Waals surface area contributed by atoms with Crippen molar-refractivity contribution < 1.29 is 209 Å². The Balaban J connectivity index is -0.000000300. The number of phosphoric acid groups is 2. The third-order valence-electron chi connectivity index (χ3n) is 13.1. The van der Waals surface area contributed by atoms with Crippen molar-refractivity contribution in [2.45, 2.75) is 150 Å². The van der Waals surface area contributed by atoms with Gasteiger partial charge in [0.05, 0.1) is 59.5 Å². The smallest absolute Gasteiger partial charge is 0.475 e. The summed E-state index contributed by atoms with van der Waals surface area (Å²) < 4.78 is 75.8. The molecule has 11 N–H and O–H groups in total. The molecule has 1 saturated heterocycles. The monoisotopic (exact) mass is 1860 g/mol. The minimum absolute atomic E-state index is 0. The molecular formula is C63H103N10O22P2UV4-5. The van der Waals surface area contributed by atoms with Crippen LogP contribution in [0.25, 0.3) is 5.73 Å². The first-order valence-corrected chi connectivity index (χ1v) is 34.5. The van der Waals surface area contributed by atoms with Crippen LogP contribution < -0.4 is 47.9 Å². The number of hydrogen-bond acceptors (Lipinski definition) is 21. The minimum Gasteiger partial charge on any atom is -0.676 e. The molecule has 10 atom stereocenters. The minimum atomic E-state index is -4.34. The van der Waals surface area contributed by atoms with E-state index in [0.29, 0.717) is 51.9 Å². The Morgan fingerprint density at radius 1 is 0.618 bits per heavy atom. The SMILES string of the molecule is C=CCOP(=O)(OCCNC(=O)OC(C)(C)C)OCC(N[C-]=O)C(=O)NCC(C)CC.CC1(C)OCC(CNC(=O)C(COCc2ccccc2)N[C-]=O)O1.CCC(C)CNC(=O)C(COCc1ccccc1)N[C-]=O.CCC(C)CNC(=O)C(COP(=O)(O)OCC[NH-])N[C-]=O.[U].[V].[V].[V].[V]. The van der Waals surface area contributed by atoms with E-state index < -0.39 is 82.3 Å². The number of ether oxygens (including phenoxy) is 5. The normalized spacial score (nSPS) is 15.5. The summed E-state index contributed by atoms with van der Waals surface area (Å²) in [5, 5.41) is 22.2. The van der Waals surface area contributed by atoms with E-state index in [-0.39, 0.29) is 181 Å². The summed E-state index contributed by atoms with van der Waals surface area (Å²) in [5.41, 5.74) is 8.15. The Morgan fingerprint density at radius 3 is 1.36 bits per heavy atom. The Kier molecular flexibility index (Phi) is 69.6. The van der Waals surface area contributed by atoms with Crippen LogP contribution in [0.4, 0.5) is 4.79 Å². The van der Waals surface area contributed by atoms with E-state index in [4.69, 9.17) is 43.0 Å². The second kappa shape index (κ2) is 64.8. The quantitative estimate of drug-likeness (QED) is 0.0145. The molecule has 39 heteroatoms. The van der Waals surface area contributed by atoms with Crippen molar-refractivity contribution in [2.75, 3.05) is 92.1 Å². The standard InChI is InChI=1S/C19H35N3O8P.C17H23N2O5.C16H23N2O3.C11H22N3O6P.U.4V/c1-7-10-27-31(26,28-11-9-20-18(25)30-19(4,5)6)29-13-16(22-14-23)17(24)21-12-15(3)8-2;1-17(2)23-10-14(24-17)8-18-16(21)15(19-12-20)11-22-9-13-6-4-3-5-7-13;1-3-13(2)9-17-16(20)15(18-12-19)11-21-10-14-7-5-4-6-8-14;1-3-9(2)6-13-11(16)10(14-8-15)7-20-21(17,18)19-5-4-12;;;;;/h7,15-16H,1,8-13H2,2-6H3,(H,20,25)(H,21,24)(H,22,23);3-7,14-15H,8-11H2,1-2H3,(H,18,21)(H,19,20);4-8,13,15H,3,9-11H2,1-2H3,(H,17,20)(H,18,19);9-10,12H,3-7H2,1-2H3,(H,13,16)(H,14,15)(H,17,18);;;;;/q3*-1;-2;;;;;. The molecule has 576 valence electrons. The maximum Gasteiger partial charge on any atom is 0.475 e. The third kappa shape index (κ3) is 56.9. The molecule has 10 unspecified atom stereocenters. The number of carbonyl (C=O) groups is 5. The second-order valence-corrected chi connectivity index (χ2v) is 26.2. The second-order valence-electron chi connectivity index (χ2n) is 23.1. The number of benzene rings is 2. The van der Waals surface area contributed by atoms with Gasteiger partial charge < -0.3 is 101 Å². The van der Waals surface area contributed by atoms with Gasteiger partial charge in [-0.05, 0) is 63.5 Å². The first-order chi connectivity index (χ1) is 46.0. The van der Waals surface area contributed by atoms with Crippen molar-refractivity contribution in [1.82, 2.24) is 47.9 Å². The van der Waals surface area contributed by atoms with Gasteiger partial charge in [-0.3, -0.25) is 41.8 Å². The zero-order chi connectivity index (χ0) is 73.1. The Morgan fingerprint density at radius 2 is 1.01 bits per heavy atom. The number of amides is 9. The Labute approximate surface area is 672 Å². The fourth-order valence-corrected chi connectivity index (χ4v) is 8.89. The van der Waals surface area contributed by atoms with E-state index in [1.54, 1.807) is 33.6 Å². The van der Waals surface area contributed by atoms with E-state index in [1.807, 2.05) is 102 Å². The maximum atomic E-state index is 12.8. The van der Waals surface area contributed by atoms with E-state index in [0.717, 1.165) is 30.4 Å². The van der Waals surface area contributed by atoms with Crippen LogP contribution in [0.3, 0.4) is 0 Å². The maximum absolute atomic E-state index is 12.8. The van der Waals surface area contributed by atoms with Crippen LogP contribution in [0, 0.1) is 48.9 Å². The van der Waals surface area contributed by atoms with E-state index in [9.17, 15) is 57.2 Å². The fourth-order valence-electron chi connectivity index (χ4n) is 7.00. The van der Waals surface area contributed by atoms with Gasteiger partial charge in [0.1, 0.15) is 35.9 Å². The average molecular weight is 1860 g/mol. The van der Waals surface area contributed by atoms with Gasteiger partial charge in [0.15, 0.2) is 5.79 Å². The first-order valence-electron chi connectivity index (χ1n) is 31.5. The van der Waals surface area contributed by atoms with Crippen molar-refractivity contribution >= 4 is 71.0 Å². The molecule has 4 radical (unpaired) electrons. The summed E-state index contributed by atoms with van der Waals surface area (Å²) in [4.78, 5) is 111. The van der Waals surface area contributed by atoms with Gasteiger partial charge in [0.25, 0.3) is 0 Å². The zero-order valence-corrected chi connectivity index (χ0v) is 71.4. The van der Waals surface area contributed by atoms with Gasteiger partial charge >= 0.3 is 21.7 Å². The van der Waals surface area contributed by atoms with Gasteiger partial charge in [0, 0.05) is 145 Å². The summed E-state index contributed by atoms with van der Waals surface area (Å²) in [6, 6.07) is 15.4. The molecule has 1 aliphatic rings. The molecule has 0 spiro atoms. The summed E-state index contributed by atoms with van der Waals surface area (Å²) in [6.45, 7) is 25.4. The number of carbonyl (C=O) groups excluding carboxylic acids is 9. The molecule has 1 fully saturated rings. The summed E-state index contributed by atoms with van der Waals surface area (Å²) in [7, 11) is -8.45. The van der Waals surface area contributed by atoms with Gasteiger partial charge in [-0.15, -0.1) is 13.1 Å². The predicted octanol–water partition coefficient (Wildman–Crippen LogP) is 4.28. The topological polar surface area (TPSA) is 432 Å². The van der Waals surface area contributed by atoms with Crippen molar-refractivity contribution in [3.8, 4) is 0 Å². The summed E-state index contributed by atoms with van der Waals surface area (Å²) in [5.74, 6) is -1.38. The van der Waals surface area contributed by atoms with Gasteiger partial charge in [0.2, 0.25) is 23.6 Å². The molecule has 102 heavy (non-hydrogen) atoms. The summed E-state index contributed by atoms with van der Waals surface area (Å²) in [6.07, 6.45) is 9.06. The molecule has 0 aliphatic carbocycles. The molecule has 0 bridgehead atoms. The molecule has 2 aromatic carbocycles. The third-order valence-corrected chi connectivity index (χ3v) is 15.5. The molecule has 9 amide bonds. The van der Waals surface area contributed by atoms with Crippen LogP contribution in [-0.4, -0.2) is 194 Å². The fraction of sp³-hybridized carbons (Fsp3) is 0.635. The molecule has 1 heterocycles. The molecule has 0 aromatic heterocycles. The van der Waals surface area contributed by atoms with E-state index in [2.05, 4.69) is 77.3 Å². The molecule has 3 rings (SSSR count). The molecule has 2 aromatic rings. The zero-order valence-electron chi connectivity index (χ0n) is 59.8. The van der Waals surface area contributed by atoms with Crippen LogP contribution in [0.5, 0.6) is 0 Å². The number of alkyl carbamates (subject to hydrolysis) is 1. The number of phosphoric ester groups is 2. The van der Waals surface area contributed by atoms with Crippen molar-refractivity contribution in [3.63, 3.8) is 0 Å². The largest absolute Gasteiger partial charge is 0.676 e. The van der Waals surface area contributed by atoms with Crippen LogP contribution in [0.15, 0.2) is 73.3 Å². The van der Waals surface area contributed by atoms with E-state index in [1.165, 1.54) is 18.9 Å². The van der Waals surface area contributed by atoms with E-state index >= 15 is 0 Å². The molecule has 32 nitrogen and oxygen atoms in total.